The number of urea groups is 1. The van der Waals surface area contributed by atoms with Crippen LogP contribution >= 0.6 is 0 Å². The molecule has 0 aliphatic carbocycles. The maximum Gasteiger partial charge on any atom is 0.322 e. The smallest absolute Gasteiger partial charge is 0.322 e. The van der Waals surface area contributed by atoms with Crippen LogP contribution in [-0.4, -0.2) is 38.1 Å². The van der Waals surface area contributed by atoms with Crippen molar-refractivity contribution in [1.82, 2.24) is 20.0 Å². The van der Waals surface area contributed by atoms with Crippen LogP contribution in [0.15, 0.2) is 53.3 Å². The molecule has 2 fully saturated rings. The molecular weight excluding hydrogens is 366 g/mol. The topological polar surface area (TPSA) is 84.2 Å². The summed E-state index contributed by atoms with van der Waals surface area (Å²) in [4.78, 5) is 23.7. The Morgan fingerprint density at radius 2 is 1.83 bits per heavy atom. The number of amides is 2. The van der Waals surface area contributed by atoms with Gasteiger partial charge < -0.3 is 14.7 Å². The van der Waals surface area contributed by atoms with Crippen molar-refractivity contribution >= 4 is 11.7 Å². The summed E-state index contributed by atoms with van der Waals surface area (Å²) in [7, 11) is 0. The number of pyridine rings is 1. The molecule has 148 valence electrons. The molecule has 0 spiro atoms. The lowest BCUT2D eigenvalue weighted by atomic mass is 9.91. The molecule has 4 heterocycles. The Morgan fingerprint density at radius 1 is 1.10 bits per heavy atom. The Hall–Kier alpha value is -3.22. The molecule has 1 N–H and O–H groups in total. The molecule has 1 unspecified atom stereocenters. The number of anilines is 1. The van der Waals surface area contributed by atoms with E-state index in [1.54, 1.807) is 12.4 Å². The third kappa shape index (κ3) is 3.37. The first kappa shape index (κ1) is 17.8. The van der Waals surface area contributed by atoms with Gasteiger partial charge in [-0.2, -0.15) is 4.98 Å². The van der Waals surface area contributed by atoms with E-state index in [4.69, 9.17) is 4.52 Å². The van der Waals surface area contributed by atoms with Crippen molar-refractivity contribution in [2.75, 3.05) is 5.32 Å². The summed E-state index contributed by atoms with van der Waals surface area (Å²) in [6.45, 7) is 2.01. The highest BCUT2D eigenvalue weighted by molar-refractivity contribution is 5.90. The van der Waals surface area contributed by atoms with Gasteiger partial charge in [-0.3, -0.25) is 4.98 Å². The molecule has 0 saturated carbocycles. The first-order valence-electron chi connectivity index (χ1n) is 10.1. The van der Waals surface area contributed by atoms with Gasteiger partial charge >= 0.3 is 6.03 Å². The van der Waals surface area contributed by atoms with Crippen LogP contribution in [0.5, 0.6) is 0 Å². The Labute approximate surface area is 169 Å². The average Bonchev–Trinajstić information content (AvgIpc) is 3.33. The van der Waals surface area contributed by atoms with E-state index in [1.165, 1.54) is 0 Å². The van der Waals surface area contributed by atoms with Gasteiger partial charge in [-0.15, -0.1) is 0 Å². The van der Waals surface area contributed by atoms with E-state index in [0.29, 0.717) is 11.7 Å². The molecule has 7 nitrogen and oxygen atoms in total. The number of para-hydroxylation sites is 1. The van der Waals surface area contributed by atoms with Gasteiger partial charge in [0.1, 0.15) is 0 Å². The van der Waals surface area contributed by atoms with Crippen LogP contribution in [-0.2, 0) is 0 Å². The number of carbonyl (C=O) groups is 1. The zero-order valence-corrected chi connectivity index (χ0v) is 16.3. The number of hydrogen-bond acceptors (Lipinski definition) is 5. The summed E-state index contributed by atoms with van der Waals surface area (Å²) in [5, 5.41) is 7.24. The van der Waals surface area contributed by atoms with E-state index in [9.17, 15) is 4.79 Å². The standard InChI is InChI=1S/C22H23N5O2/c1-14-4-2-3-5-19(14)24-22(28)27-17-6-7-18(27)13-16(12-17)21-25-20(26-29-21)15-8-10-23-11-9-15/h2-5,8-11,16-18H,6-7,12-13H2,1H3,(H,24,28)/t16?,17-,18+. The lowest BCUT2D eigenvalue weighted by Gasteiger charge is -2.37. The number of rotatable bonds is 3. The molecule has 0 radical (unpaired) electrons. The molecule has 2 aliphatic heterocycles. The third-order valence-corrected chi connectivity index (χ3v) is 6.08. The van der Waals surface area contributed by atoms with Crippen LogP contribution in [0.4, 0.5) is 10.5 Å². The predicted octanol–water partition coefficient (Wildman–Crippen LogP) is 4.38. The second-order valence-electron chi connectivity index (χ2n) is 7.90. The fourth-order valence-corrected chi connectivity index (χ4v) is 4.62. The second-order valence-corrected chi connectivity index (χ2v) is 7.90. The molecular formula is C22H23N5O2. The Balaban J connectivity index is 1.30. The second kappa shape index (κ2) is 7.31. The van der Waals surface area contributed by atoms with E-state index < -0.39 is 0 Å². The summed E-state index contributed by atoms with van der Waals surface area (Å²) in [5.74, 6) is 1.46. The zero-order chi connectivity index (χ0) is 19.8. The summed E-state index contributed by atoms with van der Waals surface area (Å²) in [6, 6.07) is 12.0. The maximum absolute atomic E-state index is 13.0. The molecule has 1 aromatic carbocycles. The van der Waals surface area contributed by atoms with Crippen LogP contribution in [0.2, 0.25) is 0 Å². The van der Waals surface area contributed by atoms with E-state index in [1.807, 2.05) is 48.2 Å². The van der Waals surface area contributed by atoms with Crippen molar-refractivity contribution in [3.8, 4) is 11.4 Å². The number of nitrogens with one attached hydrogen (secondary N) is 1. The number of benzene rings is 1. The number of fused-ring (bicyclic) bond motifs is 2. The summed E-state index contributed by atoms with van der Waals surface area (Å²) >= 11 is 0. The molecule has 2 saturated heterocycles. The highest BCUT2D eigenvalue weighted by Gasteiger charge is 2.45. The number of piperidine rings is 1. The largest absolute Gasteiger partial charge is 0.339 e. The first-order valence-corrected chi connectivity index (χ1v) is 10.1. The molecule has 29 heavy (non-hydrogen) atoms. The SMILES string of the molecule is Cc1ccccc1NC(=O)N1[C@@H]2CC[C@H]1CC(c1nc(-c3ccncc3)no1)C2. The molecule has 3 aromatic rings. The van der Waals surface area contributed by atoms with Crippen molar-refractivity contribution in [3.05, 3.63) is 60.2 Å². The average molecular weight is 389 g/mol. The van der Waals surface area contributed by atoms with E-state index in [0.717, 1.165) is 42.5 Å². The van der Waals surface area contributed by atoms with E-state index in [-0.39, 0.29) is 24.0 Å². The molecule has 2 amide bonds. The highest BCUT2D eigenvalue weighted by atomic mass is 16.5. The fourth-order valence-electron chi connectivity index (χ4n) is 4.62. The minimum Gasteiger partial charge on any atom is -0.339 e. The normalized spacial score (nSPS) is 23.2. The molecule has 2 aromatic heterocycles. The van der Waals surface area contributed by atoms with Crippen molar-refractivity contribution in [2.45, 2.75) is 50.6 Å². The van der Waals surface area contributed by atoms with Gasteiger partial charge in [0.15, 0.2) is 0 Å². The highest BCUT2D eigenvalue weighted by Crippen LogP contribution is 2.43. The van der Waals surface area contributed by atoms with Crippen molar-refractivity contribution in [3.63, 3.8) is 0 Å². The van der Waals surface area contributed by atoms with Crippen LogP contribution in [0.1, 0.15) is 43.1 Å². The van der Waals surface area contributed by atoms with Crippen LogP contribution in [0.3, 0.4) is 0 Å². The molecule has 2 aliphatic rings. The van der Waals surface area contributed by atoms with Gasteiger partial charge in [0.2, 0.25) is 11.7 Å². The Kier molecular flexibility index (Phi) is 4.50. The van der Waals surface area contributed by atoms with Gasteiger partial charge in [0.25, 0.3) is 0 Å². The molecule has 7 heteroatoms. The van der Waals surface area contributed by atoms with Gasteiger partial charge in [-0.1, -0.05) is 23.4 Å². The number of hydrogen-bond donors (Lipinski definition) is 1. The number of nitrogens with zero attached hydrogens (tertiary/aromatic N) is 4. The summed E-state index contributed by atoms with van der Waals surface area (Å²) in [5.41, 5.74) is 2.84. The summed E-state index contributed by atoms with van der Waals surface area (Å²) < 4.78 is 5.59. The molecule has 3 atom stereocenters. The number of aromatic nitrogens is 3. The number of carbonyl (C=O) groups excluding carboxylic acids is 1. The van der Waals surface area contributed by atoms with Crippen LogP contribution < -0.4 is 5.32 Å². The first-order chi connectivity index (χ1) is 14.2. The third-order valence-electron chi connectivity index (χ3n) is 6.08. The fraction of sp³-hybridized carbons (Fsp3) is 0.364. The Bertz CT molecular complexity index is 1000. The minimum atomic E-state index is -0.00625. The van der Waals surface area contributed by atoms with Gasteiger partial charge in [0.05, 0.1) is 0 Å². The van der Waals surface area contributed by atoms with Crippen LogP contribution in [0.25, 0.3) is 11.4 Å². The van der Waals surface area contributed by atoms with Gasteiger partial charge in [-0.05, 0) is 56.4 Å². The zero-order valence-electron chi connectivity index (χ0n) is 16.3. The molecule has 5 rings (SSSR count). The summed E-state index contributed by atoms with van der Waals surface area (Å²) in [6.07, 6.45) is 7.20. The van der Waals surface area contributed by atoms with Crippen molar-refractivity contribution in [2.24, 2.45) is 0 Å². The van der Waals surface area contributed by atoms with E-state index >= 15 is 0 Å². The van der Waals surface area contributed by atoms with E-state index in [2.05, 4.69) is 20.4 Å². The van der Waals surface area contributed by atoms with Gasteiger partial charge in [0, 0.05) is 41.6 Å². The van der Waals surface area contributed by atoms with Crippen molar-refractivity contribution in [1.29, 1.82) is 0 Å². The van der Waals surface area contributed by atoms with Gasteiger partial charge in [-0.25, -0.2) is 4.79 Å². The lowest BCUT2D eigenvalue weighted by molar-refractivity contribution is 0.140. The minimum absolute atomic E-state index is 0.00625. The number of aryl methyl sites for hydroxylation is 1. The molecule has 2 bridgehead atoms. The van der Waals surface area contributed by atoms with Crippen LogP contribution in [0, 0.1) is 6.92 Å². The maximum atomic E-state index is 13.0. The predicted molar refractivity (Wildman–Crippen MR) is 108 cm³/mol. The monoisotopic (exact) mass is 389 g/mol. The quantitative estimate of drug-likeness (QED) is 0.718. The lowest BCUT2D eigenvalue weighted by Crippen LogP contribution is -2.48. The van der Waals surface area contributed by atoms with Crippen molar-refractivity contribution < 1.29 is 9.32 Å². The Morgan fingerprint density at radius 3 is 2.55 bits per heavy atom.